The second-order valence-corrected chi connectivity index (χ2v) is 8.17. The molecule has 3 heterocycles. The molecule has 3 N–H and O–H groups in total. The van der Waals surface area contributed by atoms with E-state index in [1.54, 1.807) is 7.11 Å². The van der Waals surface area contributed by atoms with Gasteiger partial charge in [-0.05, 0) is 37.6 Å². The normalized spacial score (nSPS) is 18.3. The highest BCUT2D eigenvalue weighted by Gasteiger charge is 2.23. The van der Waals surface area contributed by atoms with Gasteiger partial charge in [-0.25, -0.2) is 9.97 Å². The number of ether oxygens (including phenoxy) is 2. The molecule has 2 aliphatic heterocycles. The Bertz CT molecular complexity index is 1140. The Kier molecular flexibility index (Phi) is 6.23. The minimum atomic E-state index is -0.185. The summed E-state index contributed by atoms with van der Waals surface area (Å²) < 4.78 is 11.0. The molecule has 5 rings (SSSR count). The summed E-state index contributed by atoms with van der Waals surface area (Å²) in [5.41, 5.74) is 3.38. The zero-order valence-electron chi connectivity index (χ0n) is 18.6. The summed E-state index contributed by atoms with van der Waals surface area (Å²) in [4.78, 5) is 24.0. The van der Waals surface area contributed by atoms with Crippen molar-refractivity contribution in [2.45, 2.75) is 18.9 Å². The lowest BCUT2D eigenvalue weighted by atomic mass is 10.1. The number of para-hydroxylation sites is 2. The minimum absolute atomic E-state index is 0.0610. The van der Waals surface area contributed by atoms with Crippen LogP contribution in [0.4, 0.5) is 22.9 Å². The first-order chi connectivity index (χ1) is 16.2. The second kappa shape index (κ2) is 9.60. The van der Waals surface area contributed by atoms with E-state index in [1.165, 1.54) is 6.33 Å². The fraction of sp³-hybridized carbons (Fsp3) is 0.375. The van der Waals surface area contributed by atoms with E-state index in [1.807, 2.05) is 30.3 Å². The molecule has 0 aliphatic carbocycles. The molecule has 172 valence electrons. The zero-order valence-corrected chi connectivity index (χ0v) is 18.6. The summed E-state index contributed by atoms with van der Waals surface area (Å²) in [6.45, 7) is 3.96. The van der Waals surface area contributed by atoms with E-state index in [0.717, 1.165) is 54.8 Å². The molecule has 1 atom stereocenters. The predicted molar refractivity (Wildman–Crippen MR) is 129 cm³/mol. The van der Waals surface area contributed by atoms with Gasteiger partial charge in [0.05, 0.1) is 48.9 Å². The van der Waals surface area contributed by atoms with E-state index in [2.05, 4.69) is 36.9 Å². The lowest BCUT2D eigenvalue weighted by Gasteiger charge is -2.30. The number of hydrogen-bond donors (Lipinski definition) is 3. The van der Waals surface area contributed by atoms with Gasteiger partial charge >= 0.3 is 0 Å². The van der Waals surface area contributed by atoms with Crippen LogP contribution in [-0.2, 0) is 9.53 Å². The van der Waals surface area contributed by atoms with Crippen LogP contribution >= 0.6 is 0 Å². The maximum absolute atomic E-state index is 12.7. The number of carbonyl (C=O) groups excluding carboxylic acids is 1. The summed E-state index contributed by atoms with van der Waals surface area (Å²) in [7, 11) is 1.59. The Morgan fingerprint density at radius 2 is 2.03 bits per heavy atom. The number of nitrogens with one attached hydrogen (secondary N) is 3. The van der Waals surface area contributed by atoms with Gasteiger partial charge in [0.25, 0.3) is 0 Å². The lowest BCUT2D eigenvalue weighted by molar-refractivity contribution is -0.117. The third-order valence-electron chi connectivity index (χ3n) is 6.10. The molecule has 2 saturated heterocycles. The van der Waals surface area contributed by atoms with Gasteiger partial charge in [0.1, 0.15) is 17.9 Å². The van der Waals surface area contributed by atoms with E-state index < -0.39 is 0 Å². The molecular formula is C24H28N6O3. The van der Waals surface area contributed by atoms with Crippen LogP contribution in [0.1, 0.15) is 12.8 Å². The van der Waals surface area contributed by atoms with Crippen LogP contribution in [0.3, 0.4) is 0 Å². The van der Waals surface area contributed by atoms with Crippen molar-refractivity contribution in [2.75, 3.05) is 55.5 Å². The molecule has 1 aromatic heterocycles. The third kappa shape index (κ3) is 4.55. The summed E-state index contributed by atoms with van der Waals surface area (Å²) in [6, 6.07) is 11.7. The Labute approximate surface area is 192 Å². The molecule has 9 heteroatoms. The Morgan fingerprint density at radius 3 is 2.82 bits per heavy atom. The number of hydrogen-bond acceptors (Lipinski definition) is 8. The van der Waals surface area contributed by atoms with E-state index in [0.29, 0.717) is 30.5 Å². The molecule has 0 bridgehead atoms. The highest BCUT2D eigenvalue weighted by atomic mass is 16.5. The third-order valence-corrected chi connectivity index (χ3v) is 6.10. The zero-order chi connectivity index (χ0) is 22.6. The van der Waals surface area contributed by atoms with Gasteiger partial charge in [0.2, 0.25) is 5.91 Å². The average Bonchev–Trinajstić information content (AvgIpc) is 3.40. The molecular weight excluding hydrogens is 420 g/mol. The molecule has 1 unspecified atom stereocenters. The molecule has 2 aliphatic rings. The number of aromatic nitrogens is 2. The van der Waals surface area contributed by atoms with Crippen molar-refractivity contribution in [1.82, 2.24) is 15.3 Å². The summed E-state index contributed by atoms with van der Waals surface area (Å²) in [5.74, 6) is 1.17. The van der Waals surface area contributed by atoms with Crippen molar-refractivity contribution in [2.24, 2.45) is 0 Å². The van der Waals surface area contributed by atoms with E-state index in [9.17, 15) is 4.79 Å². The monoisotopic (exact) mass is 448 g/mol. The van der Waals surface area contributed by atoms with Gasteiger partial charge in [0, 0.05) is 24.5 Å². The quantitative estimate of drug-likeness (QED) is 0.529. The highest BCUT2D eigenvalue weighted by Crippen LogP contribution is 2.35. The lowest BCUT2D eigenvalue weighted by Crippen LogP contribution is -2.36. The Balaban J connectivity index is 1.48. The Morgan fingerprint density at radius 1 is 1.18 bits per heavy atom. The van der Waals surface area contributed by atoms with Crippen LogP contribution < -0.4 is 25.6 Å². The van der Waals surface area contributed by atoms with E-state index >= 15 is 0 Å². The van der Waals surface area contributed by atoms with Crippen molar-refractivity contribution in [3.63, 3.8) is 0 Å². The van der Waals surface area contributed by atoms with Gasteiger partial charge in [-0.3, -0.25) is 4.79 Å². The number of fused-ring (bicyclic) bond motifs is 1. The first kappa shape index (κ1) is 21.4. The fourth-order valence-corrected chi connectivity index (χ4v) is 4.37. The van der Waals surface area contributed by atoms with E-state index in [-0.39, 0.29) is 11.9 Å². The molecule has 2 fully saturated rings. The van der Waals surface area contributed by atoms with Gasteiger partial charge in [-0.15, -0.1) is 0 Å². The Hall–Kier alpha value is -3.43. The number of anilines is 4. The average molecular weight is 449 g/mol. The van der Waals surface area contributed by atoms with Crippen LogP contribution in [0.2, 0.25) is 0 Å². The predicted octanol–water partition coefficient (Wildman–Crippen LogP) is 2.91. The maximum Gasteiger partial charge on any atom is 0.241 e. The van der Waals surface area contributed by atoms with E-state index in [4.69, 9.17) is 9.47 Å². The minimum Gasteiger partial charge on any atom is -0.494 e. The van der Waals surface area contributed by atoms with Crippen LogP contribution in [0.25, 0.3) is 10.9 Å². The summed E-state index contributed by atoms with van der Waals surface area (Å²) >= 11 is 0. The molecule has 2 aromatic carbocycles. The molecule has 0 spiro atoms. The van der Waals surface area contributed by atoms with Crippen LogP contribution in [0, 0.1) is 0 Å². The number of methoxy groups -OCH3 is 1. The van der Waals surface area contributed by atoms with Crippen molar-refractivity contribution in [3.05, 3.63) is 42.7 Å². The topological polar surface area (TPSA) is 101 Å². The van der Waals surface area contributed by atoms with Crippen molar-refractivity contribution in [1.29, 1.82) is 0 Å². The van der Waals surface area contributed by atoms with Gasteiger partial charge in [-0.1, -0.05) is 12.1 Å². The fourth-order valence-electron chi connectivity index (χ4n) is 4.37. The van der Waals surface area contributed by atoms with Gasteiger partial charge in [-0.2, -0.15) is 0 Å². The number of morpholine rings is 1. The second-order valence-electron chi connectivity index (χ2n) is 8.17. The number of benzene rings is 2. The van der Waals surface area contributed by atoms with Crippen LogP contribution in [0.15, 0.2) is 42.7 Å². The number of amides is 1. The molecule has 3 aromatic rings. The summed E-state index contributed by atoms with van der Waals surface area (Å²) in [6.07, 6.45) is 3.36. The molecule has 0 saturated carbocycles. The number of carbonyl (C=O) groups is 1. The summed E-state index contributed by atoms with van der Waals surface area (Å²) in [5, 5.41) is 10.5. The largest absolute Gasteiger partial charge is 0.494 e. The first-order valence-electron chi connectivity index (χ1n) is 11.3. The van der Waals surface area contributed by atoms with Gasteiger partial charge < -0.3 is 30.3 Å². The standard InChI is InChI=1S/C24H28N6O3/c1-32-22-14-19-16(13-20(22)29-24(31)18-6-4-8-25-18)23(27-15-26-19)28-17-5-2-3-7-21(17)30-9-11-33-12-10-30/h2-3,5,7,13-15,18,25H,4,6,8-12H2,1H3,(H,29,31)(H,26,27,28). The molecule has 0 radical (unpaired) electrons. The molecule has 1 amide bonds. The smallest absolute Gasteiger partial charge is 0.241 e. The number of nitrogens with zero attached hydrogens (tertiary/aromatic N) is 3. The van der Waals surface area contributed by atoms with Crippen LogP contribution in [-0.4, -0.2) is 61.9 Å². The SMILES string of the molecule is COc1cc2ncnc(Nc3ccccc3N3CCOCC3)c2cc1NC(=O)C1CCCN1. The van der Waals surface area contributed by atoms with Crippen molar-refractivity contribution < 1.29 is 14.3 Å². The highest BCUT2D eigenvalue weighted by molar-refractivity contribution is 6.01. The van der Waals surface area contributed by atoms with Crippen molar-refractivity contribution in [3.8, 4) is 5.75 Å². The number of rotatable bonds is 6. The van der Waals surface area contributed by atoms with Crippen molar-refractivity contribution >= 4 is 39.7 Å². The first-order valence-corrected chi connectivity index (χ1v) is 11.3. The molecule has 33 heavy (non-hydrogen) atoms. The van der Waals surface area contributed by atoms with Gasteiger partial charge in [0.15, 0.2) is 0 Å². The van der Waals surface area contributed by atoms with Crippen LogP contribution in [0.5, 0.6) is 5.75 Å². The molecule has 9 nitrogen and oxygen atoms in total. The maximum atomic E-state index is 12.7.